The molecule has 6 nitrogen and oxygen atoms in total. The van der Waals surface area contributed by atoms with Crippen molar-refractivity contribution >= 4 is 22.7 Å². The summed E-state index contributed by atoms with van der Waals surface area (Å²) in [7, 11) is 0. The molecular weight excluding hydrogens is 430 g/mol. The van der Waals surface area contributed by atoms with Gasteiger partial charge >= 0.3 is 0 Å². The molecule has 170 valence electrons. The van der Waals surface area contributed by atoms with Crippen molar-refractivity contribution in [1.29, 1.82) is 5.41 Å². The minimum Gasteiger partial charge on any atom is -0.379 e. The average Bonchev–Trinajstić information content (AvgIpc) is 3.26. The molecule has 0 spiro atoms. The molecule has 0 radical (unpaired) electrons. The van der Waals surface area contributed by atoms with Crippen LogP contribution in [0.25, 0.3) is 16.1 Å². The van der Waals surface area contributed by atoms with E-state index in [4.69, 9.17) is 15.1 Å². The number of aryl methyl sites for hydroxylation is 1. The maximum atomic E-state index is 8.92. The summed E-state index contributed by atoms with van der Waals surface area (Å²) in [5, 5.41) is 9.64. The normalized spacial score (nSPS) is 17.1. The molecule has 33 heavy (non-hydrogen) atoms. The van der Waals surface area contributed by atoms with E-state index in [9.17, 15) is 0 Å². The third kappa shape index (κ3) is 4.24. The molecule has 0 bridgehead atoms. The molecule has 4 heterocycles. The second kappa shape index (κ2) is 9.17. The summed E-state index contributed by atoms with van der Waals surface area (Å²) in [6.45, 7) is 14.1. The number of aromatic nitrogens is 2. The highest BCUT2D eigenvalue weighted by Gasteiger charge is 2.35. The number of nitrogens with zero attached hydrogens (tertiary/aromatic N) is 4. The Morgan fingerprint density at radius 1 is 1.15 bits per heavy atom. The molecule has 0 atom stereocenters. The SMILES string of the molecule is C=C(c1nc(C(=N)c2cccc(C)c2C)sc1-c1cccnc1)N1CC(N2CCOCC2)C1. The van der Waals surface area contributed by atoms with Gasteiger partial charge in [-0.25, -0.2) is 4.98 Å². The first-order valence-corrected chi connectivity index (χ1v) is 12.2. The Morgan fingerprint density at radius 2 is 1.94 bits per heavy atom. The van der Waals surface area contributed by atoms with Crippen molar-refractivity contribution in [2.45, 2.75) is 19.9 Å². The van der Waals surface area contributed by atoms with Crippen molar-refractivity contribution in [3.05, 3.63) is 76.7 Å². The van der Waals surface area contributed by atoms with E-state index >= 15 is 0 Å². The summed E-state index contributed by atoms with van der Waals surface area (Å²) < 4.78 is 5.50. The summed E-state index contributed by atoms with van der Waals surface area (Å²) >= 11 is 1.55. The van der Waals surface area contributed by atoms with Gasteiger partial charge in [0.25, 0.3) is 0 Å². The van der Waals surface area contributed by atoms with Crippen molar-refractivity contribution in [2.75, 3.05) is 39.4 Å². The Labute approximate surface area is 199 Å². The van der Waals surface area contributed by atoms with E-state index in [1.54, 1.807) is 17.5 Å². The fraction of sp³-hybridized carbons (Fsp3) is 0.346. The van der Waals surface area contributed by atoms with Gasteiger partial charge in [0, 0.05) is 55.7 Å². The summed E-state index contributed by atoms with van der Waals surface area (Å²) in [6.07, 6.45) is 3.64. The van der Waals surface area contributed by atoms with Gasteiger partial charge in [0.2, 0.25) is 0 Å². The van der Waals surface area contributed by atoms with Gasteiger partial charge in [0.05, 0.1) is 29.5 Å². The van der Waals surface area contributed by atoms with Gasteiger partial charge in [-0.3, -0.25) is 15.3 Å². The second-order valence-electron chi connectivity index (χ2n) is 8.71. The number of ether oxygens (including phenoxy) is 1. The van der Waals surface area contributed by atoms with E-state index in [0.717, 1.165) is 72.4 Å². The van der Waals surface area contributed by atoms with Crippen LogP contribution in [-0.4, -0.2) is 70.9 Å². The average molecular weight is 460 g/mol. The van der Waals surface area contributed by atoms with Crippen molar-refractivity contribution in [3.8, 4) is 10.4 Å². The van der Waals surface area contributed by atoms with Crippen LogP contribution in [0.3, 0.4) is 0 Å². The molecule has 2 aromatic heterocycles. The number of pyridine rings is 1. The highest BCUT2D eigenvalue weighted by Crippen LogP contribution is 2.37. The van der Waals surface area contributed by atoms with Crippen LogP contribution in [0.4, 0.5) is 0 Å². The molecular formula is C26H29N5OS. The summed E-state index contributed by atoms with van der Waals surface area (Å²) in [5.74, 6) is 0. The van der Waals surface area contributed by atoms with Gasteiger partial charge in [-0.1, -0.05) is 30.8 Å². The molecule has 5 rings (SSSR count). The lowest BCUT2D eigenvalue weighted by Gasteiger charge is -2.48. The number of likely N-dealkylation sites (tertiary alicyclic amines) is 1. The zero-order valence-corrected chi connectivity index (χ0v) is 20.0. The second-order valence-corrected chi connectivity index (χ2v) is 9.71. The van der Waals surface area contributed by atoms with E-state index in [0.29, 0.717) is 16.8 Å². The Morgan fingerprint density at radius 3 is 2.67 bits per heavy atom. The van der Waals surface area contributed by atoms with Crippen LogP contribution >= 0.6 is 11.3 Å². The Balaban J connectivity index is 1.44. The van der Waals surface area contributed by atoms with Gasteiger partial charge in [-0.05, 0) is 31.0 Å². The van der Waals surface area contributed by atoms with Gasteiger partial charge in [-0.15, -0.1) is 11.3 Å². The van der Waals surface area contributed by atoms with Crippen LogP contribution < -0.4 is 0 Å². The fourth-order valence-corrected chi connectivity index (χ4v) is 5.49. The summed E-state index contributed by atoms with van der Waals surface area (Å²) in [5.41, 5.74) is 6.48. The quantitative estimate of drug-likeness (QED) is 0.559. The van der Waals surface area contributed by atoms with E-state index in [1.165, 1.54) is 5.56 Å². The maximum Gasteiger partial charge on any atom is 0.143 e. The first-order chi connectivity index (χ1) is 16.0. The standard InChI is InChI=1S/C26H29N5OS/c1-17-6-4-8-22(18(17)2)23(27)26-29-24(25(33-26)20-7-5-9-28-14-20)19(3)31-15-21(16-31)30-10-12-32-13-11-30/h4-9,14,21,27H,3,10-13,15-16H2,1-2H3. The number of hydrogen-bond donors (Lipinski definition) is 1. The minimum absolute atomic E-state index is 0.459. The number of nitrogens with one attached hydrogen (secondary N) is 1. The predicted molar refractivity (Wildman–Crippen MR) is 134 cm³/mol. The smallest absolute Gasteiger partial charge is 0.143 e. The van der Waals surface area contributed by atoms with E-state index in [2.05, 4.69) is 47.3 Å². The zero-order chi connectivity index (χ0) is 22.9. The molecule has 0 amide bonds. The monoisotopic (exact) mass is 459 g/mol. The summed E-state index contributed by atoms with van der Waals surface area (Å²) in [4.78, 5) is 15.1. The van der Waals surface area contributed by atoms with E-state index in [-0.39, 0.29) is 0 Å². The van der Waals surface area contributed by atoms with Crippen LogP contribution in [0, 0.1) is 19.3 Å². The molecule has 7 heteroatoms. The van der Waals surface area contributed by atoms with Crippen molar-refractivity contribution < 1.29 is 4.74 Å². The molecule has 2 saturated heterocycles. The molecule has 0 aliphatic carbocycles. The molecule has 2 aliphatic heterocycles. The van der Waals surface area contributed by atoms with Gasteiger partial charge in [0.15, 0.2) is 0 Å². The van der Waals surface area contributed by atoms with Crippen LogP contribution in [0.15, 0.2) is 49.3 Å². The minimum atomic E-state index is 0.459. The topological polar surface area (TPSA) is 65.3 Å². The molecule has 0 unspecified atom stereocenters. The molecule has 1 N–H and O–H groups in total. The first-order valence-electron chi connectivity index (χ1n) is 11.4. The van der Waals surface area contributed by atoms with Crippen LogP contribution in [0.1, 0.15) is 27.4 Å². The Hall–Kier alpha value is -2.87. The zero-order valence-electron chi connectivity index (χ0n) is 19.2. The Bertz CT molecular complexity index is 1180. The van der Waals surface area contributed by atoms with E-state index < -0.39 is 0 Å². The lowest BCUT2D eigenvalue weighted by molar-refractivity contribution is -0.0167. The Kier molecular flexibility index (Phi) is 6.10. The highest BCUT2D eigenvalue weighted by molar-refractivity contribution is 7.17. The van der Waals surface area contributed by atoms with E-state index in [1.807, 2.05) is 24.4 Å². The van der Waals surface area contributed by atoms with Gasteiger partial charge in [0.1, 0.15) is 10.7 Å². The van der Waals surface area contributed by atoms with Crippen LogP contribution in [0.5, 0.6) is 0 Å². The highest BCUT2D eigenvalue weighted by atomic mass is 32.1. The molecule has 2 aliphatic rings. The first kappa shape index (κ1) is 21.9. The predicted octanol–water partition coefficient (Wildman–Crippen LogP) is 4.23. The number of benzene rings is 1. The molecule has 2 fully saturated rings. The fourth-order valence-electron chi connectivity index (χ4n) is 4.45. The third-order valence-corrected chi connectivity index (χ3v) is 7.84. The number of morpholine rings is 1. The van der Waals surface area contributed by atoms with Gasteiger partial charge < -0.3 is 9.64 Å². The third-order valence-electron chi connectivity index (χ3n) is 6.72. The van der Waals surface area contributed by atoms with Crippen LogP contribution in [-0.2, 0) is 4.74 Å². The van der Waals surface area contributed by atoms with Crippen molar-refractivity contribution in [2.24, 2.45) is 0 Å². The van der Waals surface area contributed by atoms with Crippen molar-refractivity contribution in [3.63, 3.8) is 0 Å². The largest absolute Gasteiger partial charge is 0.379 e. The number of thiazole rings is 1. The summed E-state index contributed by atoms with van der Waals surface area (Å²) in [6, 6.07) is 10.6. The number of hydrogen-bond acceptors (Lipinski definition) is 7. The molecule has 1 aromatic carbocycles. The lowest BCUT2D eigenvalue weighted by atomic mass is 10.00. The van der Waals surface area contributed by atoms with Crippen molar-refractivity contribution in [1.82, 2.24) is 19.8 Å². The van der Waals surface area contributed by atoms with Gasteiger partial charge in [-0.2, -0.15) is 0 Å². The maximum absolute atomic E-state index is 8.92. The lowest BCUT2D eigenvalue weighted by Crippen LogP contribution is -2.60. The number of rotatable bonds is 6. The molecule has 3 aromatic rings. The molecule has 0 saturated carbocycles. The van der Waals surface area contributed by atoms with Crippen LogP contribution in [0.2, 0.25) is 0 Å².